The topological polar surface area (TPSA) is 41.6 Å². The zero-order chi connectivity index (χ0) is 14.5. The summed E-state index contributed by atoms with van der Waals surface area (Å²) in [6, 6.07) is 6.13. The van der Waals surface area contributed by atoms with Crippen molar-refractivity contribution in [3.8, 4) is 0 Å². The lowest BCUT2D eigenvalue weighted by atomic mass is 10.0. The van der Waals surface area contributed by atoms with Gasteiger partial charge in [-0.2, -0.15) is 0 Å². The van der Waals surface area contributed by atoms with Crippen molar-refractivity contribution < 1.29 is 9.53 Å². The number of rotatable bonds is 4. The first-order chi connectivity index (χ1) is 9.59. The lowest BCUT2D eigenvalue weighted by molar-refractivity contribution is -0.137. The smallest absolute Gasteiger partial charge is 0.239 e. The second kappa shape index (κ2) is 6.86. The van der Waals surface area contributed by atoms with E-state index >= 15 is 0 Å². The molecule has 1 aromatic rings. The Morgan fingerprint density at radius 3 is 2.75 bits per heavy atom. The maximum absolute atomic E-state index is 12.3. The van der Waals surface area contributed by atoms with Gasteiger partial charge < -0.3 is 15.0 Å². The zero-order valence-electron chi connectivity index (χ0n) is 12.6. The highest BCUT2D eigenvalue weighted by molar-refractivity contribution is 5.81. The minimum atomic E-state index is -0.159. The van der Waals surface area contributed by atoms with Crippen LogP contribution >= 0.6 is 0 Å². The molecular weight excluding hydrogens is 252 g/mol. The normalized spacial score (nSPS) is 17.1. The minimum Gasteiger partial charge on any atom is -0.378 e. The molecule has 1 aliphatic heterocycles. The van der Waals surface area contributed by atoms with Crippen LogP contribution in [0, 0.1) is 13.8 Å². The molecule has 0 spiro atoms. The molecule has 0 aliphatic carbocycles. The maximum Gasteiger partial charge on any atom is 0.239 e. The Labute approximate surface area is 121 Å². The van der Waals surface area contributed by atoms with Crippen LogP contribution in [0.5, 0.6) is 0 Å². The molecule has 1 aromatic carbocycles. The van der Waals surface area contributed by atoms with Crippen molar-refractivity contribution >= 4 is 5.91 Å². The van der Waals surface area contributed by atoms with Crippen LogP contribution in [0.15, 0.2) is 18.2 Å². The molecule has 1 N–H and O–H groups in total. The molecule has 1 saturated heterocycles. The molecule has 1 atom stereocenters. The van der Waals surface area contributed by atoms with Crippen molar-refractivity contribution in [2.45, 2.75) is 33.4 Å². The van der Waals surface area contributed by atoms with E-state index in [1.165, 1.54) is 16.7 Å². The summed E-state index contributed by atoms with van der Waals surface area (Å²) in [6.07, 6.45) is 0. The van der Waals surface area contributed by atoms with Crippen LogP contribution in [-0.2, 0) is 16.1 Å². The third-order valence-corrected chi connectivity index (χ3v) is 4.01. The highest BCUT2D eigenvalue weighted by Gasteiger charge is 2.21. The Morgan fingerprint density at radius 1 is 1.35 bits per heavy atom. The fraction of sp³-hybridized carbons (Fsp3) is 0.562. The number of hydrogen-bond acceptors (Lipinski definition) is 3. The first-order valence-corrected chi connectivity index (χ1v) is 7.24. The van der Waals surface area contributed by atoms with Gasteiger partial charge in [-0.15, -0.1) is 0 Å². The molecule has 1 unspecified atom stereocenters. The quantitative estimate of drug-likeness (QED) is 0.909. The van der Waals surface area contributed by atoms with E-state index in [-0.39, 0.29) is 11.9 Å². The van der Waals surface area contributed by atoms with E-state index in [0.29, 0.717) is 26.3 Å². The van der Waals surface area contributed by atoms with E-state index in [9.17, 15) is 4.79 Å². The number of carbonyl (C=O) groups is 1. The first-order valence-electron chi connectivity index (χ1n) is 7.24. The number of aryl methyl sites for hydroxylation is 1. The van der Waals surface area contributed by atoms with E-state index in [2.05, 4.69) is 37.4 Å². The van der Waals surface area contributed by atoms with Crippen LogP contribution in [0.25, 0.3) is 0 Å². The molecule has 0 saturated carbocycles. The molecule has 0 bridgehead atoms. The van der Waals surface area contributed by atoms with Crippen molar-refractivity contribution in [2.24, 2.45) is 0 Å². The van der Waals surface area contributed by atoms with E-state index in [1.54, 1.807) is 0 Å². The summed E-state index contributed by atoms with van der Waals surface area (Å²) < 4.78 is 5.27. The molecule has 1 fully saturated rings. The van der Waals surface area contributed by atoms with Crippen molar-refractivity contribution in [1.82, 2.24) is 10.2 Å². The van der Waals surface area contributed by atoms with Gasteiger partial charge in [0, 0.05) is 19.6 Å². The number of benzene rings is 1. The molecule has 20 heavy (non-hydrogen) atoms. The predicted molar refractivity (Wildman–Crippen MR) is 79.6 cm³/mol. The Morgan fingerprint density at radius 2 is 2.05 bits per heavy atom. The summed E-state index contributed by atoms with van der Waals surface area (Å²) in [7, 11) is 0. The monoisotopic (exact) mass is 276 g/mol. The molecule has 4 heteroatoms. The van der Waals surface area contributed by atoms with E-state index in [4.69, 9.17) is 4.74 Å². The van der Waals surface area contributed by atoms with Crippen molar-refractivity contribution in [1.29, 1.82) is 0 Å². The maximum atomic E-state index is 12.3. The average molecular weight is 276 g/mol. The van der Waals surface area contributed by atoms with Gasteiger partial charge in [0.2, 0.25) is 5.91 Å². The Hall–Kier alpha value is -1.39. The SMILES string of the molecule is Cc1cccc(CNC(C)C(=O)N2CCOCC2)c1C. The van der Waals surface area contributed by atoms with Gasteiger partial charge in [0.25, 0.3) is 0 Å². The van der Waals surface area contributed by atoms with Crippen molar-refractivity contribution in [3.63, 3.8) is 0 Å². The fourth-order valence-electron chi connectivity index (χ4n) is 2.41. The number of carbonyl (C=O) groups excluding carboxylic acids is 1. The summed E-state index contributed by atoms with van der Waals surface area (Å²) in [5.74, 6) is 0.165. The van der Waals surface area contributed by atoms with E-state index < -0.39 is 0 Å². The van der Waals surface area contributed by atoms with E-state index in [0.717, 1.165) is 6.54 Å². The number of nitrogens with zero attached hydrogens (tertiary/aromatic N) is 1. The van der Waals surface area contributed by atoms with Crippen LogP contribution < -0.4 is 5.32 Å². The van der Waals surface area contributed by atoms with Crippen LogP contribution in [0.4, 0.5) is 0 Å². The molecule has 0 radical (unpaired) electrons. The number of morpholine rings is 1. The van der Waals surface area contributed by atoms with Gasteiger partial charge in [-0.1, -0.05) is 18.2 Å². The van der Waals surface area contributed by atoms with Gasteiger partial charge in [-0.25, -0.2) is 0 Å². The standard InChI is InChI=1S/C16H24N2O2/c1-12-5-4-6-15(13(12)2)11-17-14(3)16(19)18-7-9-20-10-8-18/h4-6,14,17H,7-11H2,1-3H3. The summed E-state index contributed by atoms with van der Waals surface area (Å²) in [6.45, 7) is 9.60. The van der Waals surface area contributed by atoms with Gasteiger partial charge in [-0.05, 0) is 37.5 Å². The Balaban J connectivity index is 1.89. The third kappa shape index (κ3) is 3.58. The van der Waals surface area contributed by atoms with Gasteiger partial charge in [0.15, 0.2) is 0 Å². The number of amides is 1. The summed E-state index contributed by atoms with van der Waals surface area (Å²) in [5, 5.41) is 3.33. The largest absolute Gasteiger partial charge is 0.378 e. The summed E-state index contributed by atoms with van der Waals surface area (Å²) in [4.78, 5) is 14.2. The molecule has 1 aliphatic rings. The third-order valence-electron chi connectivity index (χ3n) is 4.01. The summed E-state index contributed by atoms with van der Waals surface area (Å²) >= 11 is 0. The predicted octanol–water partition coefficient (Wildman–Crippen LogP) is 1.64. The van der Waals surface area contributed by atoms with E-state index in [1.807, 2.05) is 11.8 Å². The van der Waals surface area contributed by atoms with Gasteiger partial charge in [-0.3, -0.25) is 4.79 Å². The fourth-order valence-corrected chi connectivity index (χ4v) is 2.41. The van der Waals surface area contributed by atoms with Crippen LogP contribution in [0.3, 0.4) is 0 Å². The van der Waals surface area contributed by atoms with Gasteiger partial charge in [0.05, 0.1) is 19.3 Å². The molecule has 4 nitrogen and oxygen atoms in total. The molecular formula is C16H24N2O2. The minimum absolute atomic E-state index is 0.159. The first kappa shape index (κ1) is 15.0. The molecule has 1 amide bonds. The number of hydrogen-bond donors (Lipinski definition) is 1. The lowest BCUT2D eigenvalue weighted by Crippen LogP contribution is -2.49. The molecule has 110 valence electrons. The van der Waals surface area contributed by atoms with Gasteiger partial charge in [0.1, 0.15) is 0 Å². The lowest BCUT2D eigenvalue weighted by Gasteiger charge is -2.29. The number of nitrogens with one attached hydrogen (secondary N) is 1. The molecule has 2 rings (SSSR count). The Kier molecular flexibility index (Phi) is 5.15. The molecule has 1 heterocycles. The van der Waals surface area contributed by atoms with Crippen molar-refractivity contribution in [2.75, 3.05) is 26.3 Å². The van der Waals surface area contributed by atoms with Crippen LogP contribution in [-0.4, -0.2) is 43.2 Å². The Bertz CT molecular complexity index is 468. The zero-order valence-corrected chi connectivity index (χ0v) is 12.6. The van der Waals surface area contributed by atoms with Gasteiger partial charge >= 0.3 is 0 Å². The molecule has 0 aromatic heterocycles. The van der Waals surface area contributed by atoms with Crippen molar-refractivity contribution in [3.05, 3.63) is 34.9 Å². The highest BCUT2D eigenvalue weighted by Crippen LogP contribution is 2.12. The second-order valence-electron chi connectivity index (χ2n) is 5.40. The number of ether oxygens (including phenoxy) is 1. The van der Waals surface area contributed by atoms with Crippen LogP contribution in [0.2, 0.25) is 0 Å². The summed E-state index contributed by atoms with van der Waals surface area (Å²) in [5.41, 5.74) is 3.84. The van der Waals surface area contributed by atoms with Crippen LogP contribution in [0.1, 0.15) is 23.6 Å². The second-order valence-corrected chi connectivity index (χ2v) is 5.40. The highest BCUT2D eigenvalue weighted by atomic mass is 16.5. The average Bonchev–Trinajstić information content (AvgIpc) is 2.48.